The number of fused-ring (bicyclic) bond motifs is 1. The van der Waals surface area contributed by atoms with Crippen molar-refractivity contribution in [1.82, 2.24) is 9.13 Å². The van der Waals surface area contributed by atoms with Crippen molar-refractivity contribution in [3.8, 4) is 11.4 Å². The number of ether oxygens (including phenoxy) is 1. The van der Waals surface area contributed by atoms with Crippen molar-refractivity contribution >= 4 is 44.7 Å². The number of halogens is 3. The molecule has 0 bridgehead atoms. The Labute approximate surface area is 188 Å². The smallest absolute Gasteiger partial charge is 0.336 e. The summed E-state index contributed by atoms with van der Waals surface area (Å²) < 4.78 is 34.5. The molecule has 7 nitrogen and oxygen atoms in total. The van der Waals surface area contributed by atoms with Gasteiger partial charge in [0.25, 0.3) is 5.56 Å². The molecule has 1 N–H and O–H groups in total. The third-order valence-electron chi connectivity index (χ3n) is 4.64. The number of rotatable bonds is 5. The predicted molar refractivity (Wildman–Crippen MR) is 118 cm³/mol. The SMILES string of the molecule is COc1ccc(NC(=O)Cn2c(=O)n(-c3ccc(F)cc3F)c(=O)c3sccc32)cc1Cl. The molecule has 0 aliphatic rings. The average molecular weight is 478 g/mol. The molecule has 2 aromatic heterocycles. The molecule has 0 spiro atoms. The Morgan fingerprint density at radius 1 is 1.16 bits per heavy atom. The summed E-state index contributed by atoms with van der Waals surface area (Å²) in [6, 6.07) is 8.65. The van der Waals surface area contributed by atoms with Gasteiger partial charge in [0.15, 0.2) is 0 Å². The zero-order valence-corrected chi connectivity index (χ0v) is 18.0. The number of carbonyl (C=O) groups excluding carboxylic acids is 1. The Morgan fingerprint density at radius 2 is 1.94 bits per heavy atom. The van der Waals surface area contributed by atoms with Gasteiger partial charge < -0.3 is 10.1 Å². The zero-order chi connectivity index (χ0) is 23.0. The molecule has 0 aliphatic heterocycles. The Hall–Kier alpha value is -3.50. The molecular weight excluding hydrogens is 464 g/mol. The van der Waals surface area contributed by atoms with E-state index in [2.05, 4.69) is 5.32 Å². The molecule has 0 radical (unpaired) electrons. The quantitative estimate of drug-likeness (QED) is 0.474. The second-order valence-electron chi connectivity index (χ2n) is 6.64. The average Bonchev–Trinajstić information content (AvgIpc) is 3.23. The van der Waals surface area contributed by atoms with Crippen LogP contribution in [0, 0.1) is 11.6 Å². The van der Waals surface area contributed by atoms with Crippen LogP contribution >= 0.6 is 22.9 Å². The molecular formula is C21H14ClF2N3O4S. The summed E-state index contributed by atoms with van der Waals surface area (Å²) in [5.74, 6) is -2.08. The summed E-state index contributed by atoms with van der Waals surface area (Å²) in [6.07, 6.45) is 0. The van der Waals surface area contributed by atoms with E-state index >= 15 is 0 Å². The van der Waals surface area contributed by atoms with Crippen LogP contribution in [0.5, 0.6) is 5.75 Å². The first-order valence-electron chi connectivity index (χ1n) is 9.12. The molecule has 2 heterocycles. The summed E-state index contributed by atoms with van der Waals surface area (Å²) in [5.41, 5.74) is -1.51. The fourth-order valence-electron chi connectivity index (χ4n) is 3.20. The van der Waals surface area contributed by atoms with Crippen molar-refractivity contribution in [3.63, 3.8) is 0 Å². The van der Waals surface area contributed by atoms with E-state index in [1.165, 1.54) is 19.2 Å². The third kappa shape index (κ3) is 3.90. The molecule has 4 aromatic rings. The summed E-state index contributed by atoms with van der Waals surface area (Å²) in [6.45, 7) is -0.460. The number of hydrogen-bond donors (Lipinski definition) is 1. The number of hydrogen-bond acceptors (Lipinski definition) is 5. The minimum Gasteiger partial charge on any atom is -0.495 e. The van der Waals surface area contributed by atoms with E-state index in [0.717, 1.165) is 28.0 Å². The maximum absolute atomic E-state index is 14.4. The van der Waals surface area contributed by atoms with E-state index in [4.69, 9.17) is 16.3 Å². The Balaban J connectivity index is 1.77. The highest BCUT2D eigenvalue weighted by Gasteiger charge is 2.20. The topological polar surface area (TPSA) is 82.3 Å². The number of aromatic nitrogens is 2. The van der Waals surface area contributed by atoms with Crippen molar-refractivity contribution in [2.45, 2.75) is 6.54 Å². The van der Waals surface area contributed by atoms with E-state index < -0.39 is 41.0 Å². The molecule has 0 saturated carbocycles. The number of amides is 1. The van der Waals surface area contributed by atoms with Crippen molar-refractivity contribution < 1.29 is 18.3 Å². The van der Waals surface area contributed by atoms with Gasteiger partial charge in [0.05, 0.1) is 23.3 Å². The van der Waals surface area contributed by atoms with Crippen LogP contribution in [0.3, 0.4) is 0 Å². The van der Waals surface area contributed by atoms with Crippen molar-refractivity contribution in [2.75, 3.05) is 12.4 Å². The minimum absolute atomic E-state index is 0.147. The second-order valence-corrected chi connectivity index (χ2v) is 7.96. The molecule has 0 aliphatic carbocycles. The number of thiophene rings is 1. The van der Waals surface area contributed by atoms with E-state index in [1.54, 1.807) is 17.5 Å². The van der Waals surface area contributed by atoms with Crippen LogP contribution in [0.1, 0.15) is 0 Å². The van der Waals surface area contributed by atoms with Gasteiger partial charge in [-0.1, -0.05) is 11.6 Å². The van der Waals surface area contributed by atoms with E-state index in [0.29, 0.717) is 22.1 Å². The molecule has 0 unspecified atom stereocenters. The molecule has 0 fully saturated rings. The number of methoxy groups -OCH3 is 1. The maximum Gasteiger partial charge on any atom is 0.336 e. The molecule has 0 atom stereocenters. The third-order valence-corrected chi connectivity index (χ3v) is 5.83. The summed E-state index contributed by atoms with van der Waals surface area (Å²) in [7, 11) is 1.46. The predicted octanol–water partition coefficient (Wildman–Crippen LogP) is 3.79. The molecule has 11 heteroatoms. The van der Waals surface area contributed by atoms with Crippen LogP contribution in [0.25, 0.3) is 15.9 Å². The van der Waals surface area contributed by atoms with Crippen LogP contribution < -0.4 is 21.3 Å². The molecule has 164 valence electrons. The molecule has 0 saturated heterocycles. The van der Waals surface area contributed by atoms with Gasteiger partial charge >= 0.3 is 5.69 Å². The lowest BCUT2D eigenvalue weighted by Gasteiger charge is -2.13. The number of nitrogens with one attached hydrogen (secondary N) is 1. The minimum atomic E-state index is -1.08. The normalized spacial score (nSPS) is 11.0. The first-order chi connectivity index (χ1) is 15.3. The van der Waals surface area contributed by atoms with E-state index in [1.807, 2.05) is 0 Å². The number of benzene rings is 2. The van der Waals surface area contributed by atoms with Gasteiger partial charge in [-0.25, -0.2) is 18.1 Å². The standard InChI is InChI=1S/C21H14ClF2N3O4S/c1-31-17-5-3-12(9-13(17)22)25-18(28)10-26-16-6-7-32-19(16)20(29)27(21(26)30)15-4-2-11(23)8-14(15)24/h2-9H,10H2,1H3,(H,25,28). The molecule has 1 amide bonds. The highest BCUT2D eigenvalue weighted by Crippen LogP contribution is 2.27. The Kier molecular flexibility index (Phi) is 5.81. The fraction of sp³-hybridized carbons (Fsp3) is 0.0952. The monoisotopic (exact) mass is 477 g/mol. The molecule has 32 heavy (non-hydrogen) atoms. The van der Waals surface area contributed by atoms with Crippen molar-refractivity contribution in [3.05, 3.63) is 85.3 Å². The second kappa shape index (κ2) is 8.56. The van der Waals surface area contributed by atoms with Gasteiger partial charge in [-0.2, -0.15) is 0 Å². The summed E-state index contributed by atoms with van der Waals surface area (Å²) in [4.78, 5) is 38.6. The fourth-order valence-corrected chi connectivity index (χ4v) is 4.29. The first-order valence-corrected chi connectivity index (χ1v) is 10.4. The number of nitrogens with zero attached hydrogens (tertiary/aromatic N) is 2. The van der Waals surface area contributed by atoms with Gasteiger partial charge in [-0.3, -0.25) is 14.2 Å². The highest BCUT2D eigenvalue weighted by molar-refractivity contribution is 7.17. The highest BCUT2D eigenvalue weighted by atomic mass is 35.5. The number of anilines is 1. The zero-order valence-electron chi connectivity index (χ0n) is 16.4. The maximum atomic E-state index is 14.4. The largest absolute Gasteiger partial charge is 0.495 e. The van der Waals surface area contributed by atoms with Crippen LogP contribution in [0.4, 0.5) is 14.5 Å². The van der Waals surface area contributed by atoms with Crippen molar-refractivity contribution in [2.24, 2.45) is 0 Å². The van der Waals surface area contributed by atoms with Gasteiger partial charge in [-0.05, 0) is 41.8 Å². The lowest BCUT2D eigenvalue weighted by Crippen LogP contribution is -2.40. The molecule has 4 rings (SSSR count). The summed E-state index contributed by atoms with van der Waals surface area (Å²) >= 11 is 7.10. The molecule has 2 aromatic carbocycles. The van der Waals surface area contributed by atoms with Crippen LogP contribution in [-0.4, -0.2) is 22.2 Å². The van der Waals surface area contributed by atoms with Crippen molar-refractivity contribution in [1.29, 1.82) is 0 Å². The van der Waals surface area contributed by atoms with Crippen LogP contribution in [0.2, 0.25) is 5.02 Å². The van der Waals surface area contributed by atoms with Crippen LogP contribution in [-0.2, 0) is 11.3 Å². The lowest BCUT2D eigenvalue weighted by atomic mass is 10.3. The van der Waals surface area contributed by atoms with E-state index in [9.17, 15) is 23.2 Å². The van der Waals surface area contributed by atoms with E-state index in [-0.39, 0.29) is 15.2 Å². The van der Waals surface area contributed by atoms with Gasteiger partial charge in [0.2, 0.25) is 5.91 Å². The van der Waals surface area contributed by atoms with Crippen LogP contribution in [0.15, 0.2) is 57.4 Å². The Bertz CT molecular complexity index is 1480. The van der Waals surface area contributed by atoms with Gasteiger partial charge in [0, 0.05) is 11.8 Å². The lowest BCUT2D eigenvalue weighted by molar-refractivity contribution is -0.116. The summed E-state index contributed by atoms with van der Waals surface area (Å²) in [5, 5.41) is 4.47. The van der Waals surface area contributed by atoms with Gasteiger partial charge in [-0.15, -0.1) is 11.3 Å². The number of carbonyl (C=O) groups is 1. The first kappa shape index (κ1) is 21.7. The van der Waals surface area contributed by atoms with Gasteiger partial charge in [0.1, 0.15) is 28.6 Å². The Morgan fingerprint density at radius 3 is 2.62 bits per heavy atom.